The number of hydrogen-bond donors (Lipinski definition) is 1. The molecular formula is C11H25NO. The van der Waals surface area contributed by atoms with Crippen molar-refractivity contribution in [2.45, 2.75) is 48.5 Å². The Kier molecular flexibility index (Phi) is 19.2. The molecule has 0 aromatic heterocycles. The highest BCUT2D eigenvalue weighted by molar-refractivity contribution is 5.79. The van der Waals surface area contributed by atoms with Crippen LogP contribution in [0.1, 0.15) is 48.5 Å². The molecule has 80 valence electrons. The Bertz CT molecular complexity index is 128. The second-order valence-electron chi connectivity index (χ2n) is 2.42. The van der Waals surface area contributed by atoms with Gasteiger partial charge in [0.1, 0.15) is 0 Å². The van der Waals surface area contributed by atoms with Gasteiger partial charge in [-0.15, -0.1) is 0 Å². The summed E-state index contributed by atoms with van der Waals surface area (Å²) >= 11 is 0. The maximum absolute atomic E-state index is 10.8. The summed E-state index contributed by atoms with van der Waals surface area (Å²) in [7, 11) is 0. The first-order valence-corrected chi connectivity index (χ1v) is 5.00. The highest BCUT2D eigenvalue weighted by Crippen LogP contribution is 1.91. The fraction of sp³-hybridized carbons (Fsp3) is 0.727. The molecule has 0 rings (SSSR count). The third kappa shape index (κ3) is 18.3. The van der Waals surface area contributed by atoms with Crippen LogP contribution in [0.25, 0.3) is 0 Å². The van der Waals surface area contributed by atoms with Gasteiger partial charge in [0.25, 0.3) is 0 Å². The third-order valence-electron chi connectivity index (χ3n) is 0.861. The normalized spacial score (nSPS) is 7.38. The van der Waals surface area contributed by atoms with Gasteiger partial charge in [-0.25, -0.2) is 0 Å². The highest BCUT2D eigenvalue weighted by atomic mass is 16.1. The SMILES string of the molecule is C=C(C)NC(=O)C(C)C.CC.CC. The smallest absolute Gasteiger partial charge is 0.226 e. The van der Waals surface area contributed by atoms with E-state index in [4.69, 9.17) is 0 Å². The van der Waals surface area contributed by atoms with Gasteiger partial charge in [-0.3, -0.25) is 4.79 Å². The second kappa shape index (κ2) is 13.8. The summed E-state index contributed by atoms with van der Waals surface area (Å²) in [4.78, 5) is 10.8. The Balaban J connectivity index is -0.000000218. The first-order chi connectivity index (χ1) is 6.04. The van der Waals surface area contributed by atoms with Crippen LogP contribution in [-0.4, -0.2) is 5.91 Å². The zero-order valence-corrected chi connectivity index (χ0v) is 10.2. The van der Waals surface area contributed by atoms with Gasteiger partial charge in [0.15, 0.2) is 0 Å². The third-order valence-corrected chi connectivity index (χ3v) is 0.861. The standard InChI is InChI=1S/C7H13NO.2C2H6/c1-5(2)7(9)8-6(3)4;2*1-2/h5H,3H2,1-2,4H3,(H,8,9);2*1-2H3. The second-order valence-corrected chi connectivity index (χ2v) is 2.42. The van der Waals surface area contributed by atoms with Crippen LogP contribution in [-0.2, 0) is 4.79 Å². The summed E-state index contributed by atoms with van der Waals surface area (Å²) < 4.78 is 0. The van der Waals surface area contributed by atoms with Crippen molar-refractivity contribution in [3.8, 4) is 0 Å². The van der Waals surface area contributed by atoms with Crippen LogP contribution >= 0.6 is 0 Å². The number of carbonyl (C=O) groups excluding carboxylic acids is 1. The van der Waals surface area contributed by atoms with Crippen molar-refractivity contribution in [3.05, 3.63) is 12.3 Å². The van der Waals surface area contributed by atoms with E-state index in [1.807, 2.05) is 41.5 Å². The van der Waals surface area contributed by atoms with Crippen molar-refractivity contribution >= 4 is 5.91 Å². The van der Waals surface area contributed by atoms with Crippen LogP contribution in [0.3, 0.4) is 0 Å². The van der Waals surface area contributed by atoms with E-state index in [0.717, 1.165) is 0 Å². The largest absolute Gasteiger partial charge is 0.330 e. The fourth-order valence-electron chi connectivity index (χ4n) is 0.355. The predicted octanol–water partition coefficient (Wildman–Crippen LogP) is 3.34. The Morgan fingerprint density at radius 1 is 1.15 bits per heavy atom. The van der Waals surface area contributed by atoms with E-state index in [1.54, 1.807) is 6.92 Å². The highest BCUT2D eigenvalue weighted by Gasteiger charge is 2.04. The Labute approximate surface area is 83.4 Å². The quantitative estimate of drug-likeness (QED) is 0.705. The average molecular weight is 187 g/mol. The van der Waals surface area contributed by atoms with Crippen LogP contribution < -0.4 is 5.32 Å². The molecule has 2 nitrogen and oxygen atoms in total. The molecule has 0 atom stereocenters. The van der Waals surface area contributed by atoms with Crippen LogP contribution in [0, 0.1) is 5.92 Å². The molecule has 0 spiro atoms. The summed E-state index contributed by atoms with van der Waals surface area (Å²) in [5, 5.41) is 2.61. The van der Waals surface area contributed by atoms with Crippen molar-refractivity contribution in [3.63, 3.8) is 0 Å². The van der Waals surface area contributed by atoms with Gasteiger partial charge in [-0.05, 0) is 6.92 Å². The molecule has 0 radical (unpaired) electrons. The van der Waals surface area contributed by atoms with Gasteiger partial charge >= 0.3 is 0 Å². The number of carbonyl (C=O) groups is 1. The van der Waals surface area contributed by atoms with Crippen molar-refractivity contribution in [1.82, 2.24) is 5.32 Å². The molecule has 1 N–H and O–H groups in total. The molecule has 0 aromatic carbocycles. The minimum atomic E-state index is 0.0301. The van der Waals surface area contributed by atoms with Crippen molar-refractivity contribution in [2.24, 2.45) is 5.92 Å². The van der Waals surface area contributed by atoms with E-state index in [1.165, 1.54) is 0 Å². The first-order valence-electron chi connectivity index (χ1n) is 5.00. The molecule has 0 bridgehead atoms. The lowest BCUT2D eigenvalue weighted by atomic mass is 10.2. The lowest BCUT2D eigenvalue weighted by molar-refractivity contribution is -0.123. The molecule has 0 heterocycles. The van der Waals surface area contributed by atoms with Crippen molar-refractivity contribution < 1.29 is 4.79 Å². The minimum absolute atomic E-state index is 0.0301. The number of rotatable bonds is 2. The summed E-state index contributed by atoms with van der Waals surface area (Å²) in [6.45, 7) is 17.0. The van der Waals surface area contributed by atoms with Crippen LogP contribution in [0.15, 0.2) is 12.3 Å². The Morgan fingerprint density at radius 2 is 1.46 bits per heavy atom. The summed E-state index contributed by atoms with van der Waals surface area (Å²) in [5.41, 5.74) is 0.703. The van der Waals surface area contributed by atoms with E-state index in [9.17, 15) is 4.79 Å². The molecule has 0 aliphatic rings. The van der Waals surface area contributed by atoms with E-state index < -0.39 is 0 Å². The molecular weight excluding hydrogens is 162 g/mol. The lowest BCUT2D eigenvalue weighted by Crippen LogP contribution is -2.25. The lowest BCUT2D eigenvalue weighted by Gasteiger charge is -2.04. The van der Waals surface area contributed by atoms with Gasteiger partial charge in [-0.2, -0.15) is 0 Å². The number of nitrogens with one attached hydrogen (secondary N) is 1. The maximum atomic E-state index is 10.8. The monoisotopic (exact) mass is 187 g/mol. The minimum Gasteiger partial charge on any atom is -0.330 e. The molecule has 13 heavy (non-hydrogen) atoms. The molecule has 1 amide bonds. The summed E-state index contributed by atoms with van der Waals surface area (Å²) in [5.74, 6) is 0.0733. The van der Waals surface area contributed by atoms with E-state index in [-0.39, 0.29) is 11.8 Å². The molecule has 0 unspecified atom stereocenters. The van der Waals surface area contributed by atoms with Crippen molar-refractivity contribution in [1.29, 1.82) is 0 Å². The molecule has 0 saturated heterocycles. The van der Waals surface area contributed by atoms with Gasteiger partial charge in [0, 0.05) is 11.6 Å². The Hall–Kier alpha value is -0.790. The van der Waals surface area contributed by atoms with E-state index in [2.05, 4.69) is 11.9 Å². The Morgan fingerprint density at radius 3 is 1.54 bits per heavy atom. The molecule has 0 aliphatic heterocycles. The number of hydrogen-bond acceptors (Lipinski definition) is 1. The van der Waals surface area contributed by atoms with Gasteiger partial charge < -0.3 is 5.32 Å². The molecule has 0 saturated carbocycles. The van der Waals surface area contributed by atoms with Gasteiger partial charge in [0.2, 0.25) is 5.91 Å². The summed E-state index contributed by atoms with van der Waals surface area (Å²) in [6, 6.07) is 0. The molecule has 0 aromatic rings. The summed E-state index contributed by atoms with van der Waals surface area (Å²) in [6.07, 6.45) is 0. The molecule has 2 heteroatoms. The van der Waals surface area contributed by atoms with E-state index in [0.29, 0.717) is 5.70 Å². The zero-order valence-electron chi connectivity index (χ0n) is 10.2. The predicted molar refractivity (Wildman–Crippen MR) is 60.5 cm³/mol. The van der Waals surface area contributed by atoms with Gasteiger partial charge in [0.05, 0.1) is 0 Å². The van der Waals surface area contributed by atoms with Crippen molar-refractivity contribution in [2.75, 3.05) is 0 Å². The van der Waals surface area contributed by atoms with E-state index >= 15 is 0 Å². The average Bonchev–Trinajstić information content (AvgIpc) is 2.10. The number of amides is 1. The fourth-order valence-corrected chi connectivity index (χ4v) is 0.355. The topological polar surface area (TPSA) is 29.1 Å². The molecule has 0 fully saturated rings. The number of allylic oxidation sites excluding steroid dienone is 1. The molecule has 0 aliphatic carbocycles. The zero-order chi connectivity index (χ0) is 11.4. The van der Waals surface area contributed by atoms with Crippen LogP contribution in [0.4, 0.5) is 0 Å². The first kappa shape index (κ1) is 18.1. The van der Waals surface area contributed by atoms with Gasteiger partial charge in [-0.1, -0.05) is 48.1 Å². The maximum Gasteiger partial charge on any atom is 0.226 e. The van der Waals surface area contributed by atoms with Crippen LogP contribution in [0.2, 0.25) is 0 Å². The van der Waals surface area contributed by atoms with Crippen LogP contribution in [0.5, 0.6) is 0 Å².